The van der Waals surface area contributed by atoms with Crippen molar-refractivity contribution in [3.8, 4) is 5.69 Å². The standard InChI is InChI=1S/C27H27FN4O4/c1-18-21(17-29-32(18)19-7-3-2-4-8-19)25(33)23-24(20-9-5-6-10-22(20)28)31(27(35)26(23)34)12-11-30-13-15-36-16-14-30/h2-10,17,24,33H,11-16H2,1H3/b25-23+/t24-/m1/s1. The van der Waals surface area contributed by atoms with Crippen LogP contribution in [-0.4, -0.2) is 75.8 Å². The van der Waals surface area contributed by atoms with E-state index in [0.29, 0.717) is 44.1 Å². The summed E-state index contributed by atoms with van der Waals surface area (Å²) in [4.78, 5) is 29.9. The molecular formula is C27H27FN4O4. The number of aliphatic hydroxyl groups is 1. The Labute approximate surface area is 208 Å². The van der Waals surface area contributed by atoms with Crippen LogP contribution in [0.4, 0.5) is 4.39 Å². The Morgan fingerprint density at radius 2 is 1.75 bits per heavy atom. The van der Waals surface area contributed by atoms with E-state index in [0.717, 1.165) is 5.69 Å². The second kappa shape index (κ2) is 10.0. The van der Waals surface area contributed by atoms with Crippen molar-refractivity contribution in [2.24, 2.45) is 0 Å². The van der Waals surface area contributed by atoms with Gasteiger partial charge in [0.15, 0.2) is 0 Å². The zero-order valence-electron chi connectivity index (χ0n) is 19.9. The zero-order chi connectivity index (χ0) is 25.2. The number of hydrogen-bond donors (Lipinski definition) is 1. The van der Waals surface area contributed by atoms with Gasteiger partial charge in [0.1, 0.15) is 11.6 Å². The maximum Gasteiger partial charge on any atom is 0.295 e. The Bertz CT molecular complexity index is 1310. The molecule has 1 aromatic heterocycles. The normalized spacial score (nSPS) is 20.3. The third kappa shape index (κ3) is 4.31. The van der Waals surface area contributed by atoms with Crippen molar-refractivity contribution < 1.29 is 23.8 Å². The maximum atomic E-state index is 15.0. The monoisotopic (exact) mass is 490 g/mol. The lowest BCUT2D eigenvalue weighted by atomic mass is 9.95. The number of carbonyl (C=O) groups is 2. The molecule has 0 unspecified atom stereocenters. The number of ether oxygens (including phenoxy) is 1. The number of benzene rings is 2. The van der Waals surface area contributed by atoms with Crippen LogP contribution in [0, 0.1) is 12.7 Å². The summed E-state index contributed by atoms with van der Waals surface area (Å²) in [5.74, 6) is -2.51. The Morgan fingerprint density at radius 1 is 1.06 bits per heavy atom. The van der Waals surface area contributed by atoms with Crippen LogP contribution in [0.25, 0.3) is 11.4 Å². The average molecular weight is 491 g/mol. The molecule has 9 heteroatoms. The van der Waals surface area contributed by atoms with E-state index in [2.05, 4.69) is 10.00 Å². The topological polar surface area (TPSA) is 87.9 Å². The van der Waals surface area contributed by atoms with Gasteiger partial charge >= 0.3 is 0 Å². The van der Waals surface area contributed by atoms with E-state index in [1.54, 1.807) is 29.8 Å². The number of carbonyl (C=O) groups excluding carboxylic acids is 2. The number of morpholine rings is 1. The van der Waals surface area contributed by atoms with Crippen LogP contribution in [0.2, 0.25) is 0 Å². The van der Waals surface area contributed by atoms with Gasteiger partial charge in [0, 0.05) is 31.7 Å². The summed E-state index contributed by atoms with van der Waals surface area (Å²) in [6, 6.07) is 14.3. The largest absolute Gasteiger partial charge is 0.507 e. The smallest absolute Gasteiger partial charge is 0.295 e. The van der Waals surface area contributed by atoms with Crippen LogP contribution in [-0.2, 0) is 14.3 Å². The third-order valence-corrected chi connectivity index (χ3v) is 6.77. The maximum absolute atomic E-state index is 15.0. The Morgan fingerprint density at radius 3 is 2.47 bits per heavy atom. The predicted octanol–water partition coefficient (Wildman–Crippen LogP) is 3.07. The Balaban J connectivity index is 1.57. The van der Waals surface area contributed by atoms with E-state index in [4.69, 9.17) is 4.74 Å². The van der Waals surface area contributed by atoms with E-state index < -0.39 is 23.5 Å². The molecule has 0 bridgehead atoms. The highest BCUT2D eigenvalue weighted by atomic mass is 19.1. The lowest BCUT2D eigenvalue weighted by molar-refractivity contribution is -0.140. The van der Waals surface area contributed by atoms with Crippen molar-refractivity contribution in [2.75, 3.05) is 39.4 Å². The number of Topliss-reactive ketones (excluding diaryl/α,β-unsaturated/α-hetero) is 1. The molecule has 2 fully saturated rings. The number of halogens is 1. The number of rotatable bonds is 6. The molecule has 8 nitrogen and oxygen atoms in total. The number of aliphatic hydroxyl groups excluding tert-OH is 1. The fourth-order valence-corrected chi connectivity index (χ4v) is 4.82. The molecular weight excluding hydrogens is 463 g/mol. The van der Waals surface area contributed by atoms with Crippen molar-refractivity contribution in [2.45, 2.75) is 13.0 Å². The van der Waals surface area contributed by atoms with Gasteiger partial charge in [0.2, 0.25) is 0 Å². The zero-order valence-corrected chi connectivity index (χ0v) is 19.9. The molecule has 36 heavy (non-hydrogen) atoms. The van der Waals surface area contributed by atoms with Crippen LogP contribution < -0.4 is 0 Å². The summed E-state index contributed by atoms with van der Waals surface area (Å²) in [6.07, 6.45) is 1.46. The summed E-state index contributed by atoms with van der Waals surface area (Å²) < 4.78 is 22.0. The molecule has 1 amide bonds. The highest BCUT2D eigenvalue weighted by Gasteiger charge is 2.47. The van der Waals surface area contributed by atoms with Crippen LogP contribution in [0.5, 0.6) is 0 Å². The van der Waals surface area contributed by atoms with Crippen molar-refractivity contribution >= 4 is 17.4 Å². The van der Waals surface area contributed by atoms with Gasteiger partial charge in [-0.3, -0.25) is 14.5 Å². The van der Waals surface area contributed by atoms with Crippen LogP contribution >= 0.6 is 0 Å². The number of likely N-dealkylation sites (tertiary alicyclic amines) is 1. The Kier molecular flexibility index (Phi) is 6.67. The summed E-state index contributed by atoms with van der Waals surface area (Å²) in [5, 5.41) is 15.8. The van der Waals surface area contributed by atoms with Gasteiger partial charge in [0.25, 0.3) is 11.7 Å². The lowest BCUT2D eigenvalue weighted by Crippen LogP contribution is -2.42. The van der Waals surface area contributed by atoms with E-state index in [1.807, 2.05) is 30.3 Å². The van der Waals surface area contributed by atoms with Crippen molar-refractivity contribution in [3.63, 3.8) is 0 Å². The molecule has 2 aromatic carbocycles. The quantitative estimate of drug-likeness (QED) is 0.325. The molecule has 5 rings (SSSR count). The van der Waals surface area contributed by atoms with Gasteiger partial charge in [-0.05, 0) is 25.1 Å². The van der Waals surface area contributed by atoms with E-state index in [9.17, 15) is 14.7 Å². The minimum absolute atomic E-state index is 0.136. The minimum Gasteiger partial charge on any atom is -0.507 e. The van der Waals surface area contributed by atoms with Gasteiger partial charge in [-0.15, -0.1) is 0 Å². The third-order valence-electron chi connectivity index (χ3n) is 6.77. The highest BCUT2D eigenvalue weighted by Crippen LogP contribution is 2.40. The summed E-state index contributed by atoms with van der Waals surface area (Å²) in [5.41, 5.74) is 1.71. The molecule has 3 heterocycles. The minimum atomic E-state index is -1.05. The lowest BCUT2D eigenvalue weighted by Gasteiger charge is -2.31. The summed E-state index contributed by atoms with van der Waals surface area (Å²) >= 11 is 0. The van der Waals surface area contributed by atoms with Crippen molar-refractivity contribution in [1.82, 2.24) is 19.6 Å². The number of ketones is 1. The first-order valence-corrected chi connectivity index (χ1v) is 11.9. The molecule has 2 aliphatic rings. The molecule has 1 atom stereocenters. The predicted molar refractivity (Wildman–Crippen MR) is 131 cm³/mol. The number of para-hydroxylation sites is 1. The van der Waals surface area contributed by atoms with Gasteiger partial charge in [0.05, 0.1) is 48.0 Å². The molecule has 0 spiro atoms. The molecule has 186 valence electrons. The van der Waals surface area contributed by atoms with Gasteiger partial charge < -0.3 is 14.7 Å². The molecule has 2 aliphatic heterocycles. The first kappa shape index (κ1) is 23.9. The number of amides is 1. The molecule has 1 N–H and O–H groups in total. The number of aromatic nitrogens is 2. The molecule has 0 radical (unpaired) electrons. The fourth-order valence-electron chi connectivity index (χ4n) is 4.82. The molecule has 0 aliphatic carbocycles. The van der Waals surface area contributed by atoms with Crippen LogP contribution in [0.3, 0.4) is 0 Å². The summed E-state index contributed by atoms with van der Waals surface area (Å²) in [6.45, 7) is 5.11. The molecule has 3 aromatic rings. The van der Waals surface area contributed by atoms with Gasteiger partial charge in [-0.1, -0.05) is 36.4 Å². The highest BCUT2D eigenvalue weighted by molar-refractivity contribution is 6.46. The van der Waals surface area contributed by atoms with Crippen molar-refractivity contribution in [3.05, 3.63) is 89.0 Å². The summed E-state index contributed by atoms with van der Waals surface area (Å²) in [7, 11) is 0. The van der Waals surface area contributed by atoms with Gasteiger partial charge in [-0.2, -0.15) is 5.10 Å². The van der Waals surface area contributed by atoms with Crippen LogP contribution in [0.15, 0.2) is 66.4 Å². The number of nitrogens with zero attached hydrogens (tertiary/aromatic N) is 4. The van der Waals surface area contributed by atoms with E-state index >= 15 is 4.39 Å². The second-order valence-electron chi connectivity index (χ2n) is 8.86. The Hall–Kier alpha value is -3.82. The van der Waals surface area contributed by atoms with E-state index in [-0.39, 0.29) is 23.4 Å². The second-order valence-corrected chi connectivity index (χ2v) is 8.86. The average Bonchev–Trinajstić information content (AvgIpc) is 3.41. The first-order chi connectivity index (χ1) is 17.5. The van der Waals surface area contributed by atoms with Crippen molar-refractivity contribution in [1.29, 1.82) is 0 Å². The molecule has 0 saturated carbocycles. The fraction of sp³-hybridized carbons (Fsp3) is 0.296. The van der Waals surface area contributed by atoms with Gasteiger partial charge in [-0.25, -0.2) is 9.07 Å². The number of hydrogen-bond acceptors (Lipinski definition) is 6. The van der Waals surface area contributed by atoms with Crippen LogP contribution in [0.1, 0.15) is 22.9 Å². The first-order valence-electron chi connectivity index (χ1n) is 11.9. The van der Waals surface area contributed by atoms with E-state index in [1.165, 1.54) is 17.2 Å². The molecule has 2 saturated heterocycles. The SMILES string of the molecule is Cc1c(/C(O)=C2\C(=O)C(=O)N(CCN3CCOCC3)[C@@H]2c2ccccc2F)cnn1-c1ccccc1.